The van der Waals surface area contributed by atoms with E-state index in [1.165, 1.54) is 34.3 Å². The second kappa shape index (κ2) is 7.67. The normalized spacial score (nSPS) is 17.3. The quantitative estimate of drug-likeness (QED) is 0.478. The Bertz CT molecular complexity index is 1050. The van der Waals surface area contributed by atoms with Gasteiger partial charge < -0.3 is 11.1 Å². The Labute approximate surface area is 171 Å². The molecule has 0 bridgehead atoms. The minimum absolute atomic E-state index is 0.163. The average molecular weight is 417 g/mol. The number of benzene rings is 1. The number of anilines is 2. The smallest absolute Gasteiger partial charge is 0.237 e. The van der Waals surface area contributed by atoms with Crippen LogP contribution in [0.25, 0.3) is 10.2 Å². The maximum absolute atomic E-state index is 13.7. The van der Waals surface area contributed by atoms with Gasteiger partial charge in [0.2, 0.25) is 5.91 Å². The molecular formula is C20H21FN4OS2. The van der Waals surface area contributed by atoms with E-state index in [1.807, 2.05) is 0 Å². The van der Waals surface area contributed by atoms with Gasteiger partial charge in [-0.2, -0.15) is 0 Å². The number of thioether (sulfide) groups is 1. The zero-order chi connectivity index (χ0) is 19.8. The Balaban J connectivity index is 1.54. The van der Waals surface area contributed by atoms with Crippen LogP contribution in [0.5, 0.6) is 0 Å². The summed E-state index contributed by atoms with van der Waals surface area (Å²) in [5, 5.41) is 3.55. The summed E-state index contributed by atoms with van der Waals surface area (Å²) in [5.74, 6) is 0.372. The van der Waals surface area contributed by atoms with Crippen molar-refractivity contribution in [2.45, 2.75) is 43.5 Å². The Hall–Kier alpha value is -2.19. The van der Waals surface area contributed by atoms with Crippen LogP contribution >= 0.6 is 23.1 Å². The van der Waals surface area contributed by atoms with Crippen LogP contribution in [-0.2, 0) is 17.6 Å². The lowest BCUT2D eigenvalue weighted by atomic mass is 9.89. The van der Waals surface area contributed by atoms with E-state index in [0.29, 0.717) is 16.9 Å². The van der Waals surface area contributed by atoms with Gasteiger partial charge in [0.1, 0.15) is 16.5 Å². The van der Waals surface area contributed by atoms with Gasteiger partial charge in [-0.15, -0.1) is 11.3 Å². The molecule has 0 saturated heterocycles. The first-order valence-corrected chi connectivity index (χ1v) is 10.9. The van der Waals surface area contributed by atoms with Crippen molar-refractivity contribution in [3.8, 4) is 0 Å². The minimum atomic E-state index is -0.494. The third-order valence-electron chi connectivity index (χ3n) is 4.95. The molecule has 0 saturated carbocycles. The van der Waals surface area contributed by atoms with Crippen LogP contribution in [-0.4, -0.2) is 21.1 Å². The van der Waals surface area contributed by atoms with E-state index in [-0.39, 0.29) is 11.6 Å². The number of fused-ring (bicyclic) bond motifs is 3. The van der Waals surface area contributed by atoms with E-state index in [1.54, 1.807) is 30.4 Å². The zero-order valence-corrected chi connectivity index (χ0v) is 17.3. The lowest BCUT2D eigenvalue weighted by Crippen LogP contribution is -2.23. The molecule has 2 atom stereocenters. The number of rotatable bonds is 4. The largest absolute Gasteiger partial charge is 0.383 e. The van der Waals surface area contributed by atoms with Gasteiger partial charge in [-0.25, -0.2) is 14.4 Å². The number of halogens is 1. The summed E-state index contributed by atoms with van der Waals surface area (Å²) in [6.07, 6.45) is 3.22. The molecule has 5 nitrogen and oxygen atoms in total. The van der Waals surface area contributed by atoms with E-state index in [2.05, 4.69) is 22.2 Å². The number of nitrogen functional groups attached to an aromatic ring is 1. The highest BCUT2D eigenvalue weighted by Gasteiger charge is 2.24. The second-order valence-electron chi connectivity index (χ2n) is 7.15. The van der Waals surface area contributed by atoms with E-state index in [4.69, 9.17) is 5.73 Å². The van der Waals surface area contributed by atoms with E-state index in [0.717, 1.165) is 29.5 Å². The molecule has 1 aliphatic rings. The molecule has 1 aromatic carbocycles. The summed E-state index contributed by atoms with van der Waals surface area (Å²) in [4.78, 5) is 23.7. The third kappa shape index (κ3) is 3.71. The number of nitrogens with one attached hydrogen (secondary N) is 1. The van der Waals surface area contributed by atoms with Crippen LogP contribution in [0.15, 0.2) is 29.4 Å². The fraction of sp³-hybridized carbons (Fsp3) is 0.350. The maximum atomic E-state index is 13.7. The zero-order valence-electron chi connectivity index (χ0n) is 15.7. The number of thiophene rings is 1. The minimum Gasteiger partial charge on any atom is -0.383 e. The highest BCUT2D eigenvalue weighted by atomic mass is 32.2. The molecule has 1 amide bonds. The van der Waals surface area contributed by atoms with E-state index in [9.17, 15) is 9.18 Å². The molecule has 0 spiro atoms. The molecule has 8 heteroatoms. The number of nitrogens with two attached hydrogens (primary N) is 1. The summed E-state index contributed by atoms with van der Waals surface area (Å²) in [7, 11) is 0. The topological polar surface area (TPSA) is 80.9 Å². The number of aryl methyl sites for hydroxylation is 1. The van der Waals surface area contributed by atoms with Crippen LogP contribution in [0.3, 0.4) is 0 Å². The molecule has 2 heterocycles. The van der Waals surface area contributed by atoms with Crippen molar-refractivity contribution in [3.05, 3.63) is 40.5 Å². The van der Waals surface area contributed by atoms with E-state index < -0.39 is 11.1 Å². The fourth-order valence-electron chi connectivity index (χ4n) is 3.41. The van der Waals surface area contributed by atoms with Crippen molar-refractivity contribution in [2.75, 3.05) is 11.1 Å². The summed E-state index contributed by atoms with van der Waals surface area (Å²) < 4.78 is 13.7. The summed E-state index contributed by atoms with van der Waals surface area (Å²) in [6, 6.07) is 6.09. The second-order valence-corrected chi connectivity index (χ2v) is 9.54. The molecule has 3 N–H and O–H groups in total. The Morgan fingerprint density at radius 3 is 2.96 bits per heavy atom. The first-order chi connectivity index (χ1) is 13.4. The molecule has 146 valence electrons. The van der Waals surface area contributed by atoms with Crippen LogP contribution in [0.1, 0.15) is 30.7 Å². The Morgan fingerprint density at radius 1 is 1.39 bits per heavy atom. The van der Waals surface area contributed by atoms with Crippen molar-refractivity contribution < 1.29 is 9.18 Å². The van der Waals surface area contributed by atoms with Gasteiger partial charge in [-0.1, -0.05) is 30.8 Å². The van der Waals surface area contributed by atoms with Crippen LogP contribution < -0.4 is 11.1 Å². The van der Waals surface area contributed by atoms with Gasteiger partial charge in [0.15, 0.2) is 5.16 Å². The molecular weight excluding hydrogens is 395 g/mol. The number of para-hydroxylation sites is 1. The van der Waals surface area contributed by atoms with Gasteiger partial charge in [0.05, 0.1) is 16.3 Å². The SMILES string of the molecule is CC1CCc2c(sc3nc(SC(C)C(=O)Nc4ccccc4F)nc(N)c23)C1. The number of amides is 1. The van der Waals surface area contributed by atoms with Crippen molar-refractivity contribution in [1.29, 1.82) is 0 Å². The summed E-state index contributed by atoms with van der Waals surface area (Å²) in [6.45, 7) is 4.01. The van der Waals surface area contributed by atoms with Gasteiger partial charge in [0, 0.05) is 4.88 Å². The Kier molecular flexibility index (Phi) is 5.25. The average Bonchev–Trinajstić information content (AvgIpc) is 3.01. The number of carbonyl (C=O) groups is 1. The van der Waals surface area contributed by atoms with Gasteiger partial charge in [-0.3, -0.25) is 4.79 Å². The number of hydrogen-bond donors (Lipinski definition) is 2. The fourth-order valence-corrected chi connectivity index (χ4v) is 5.64. The molecule has 2 aromatic heterocycles. The summed E-state index contributed by atoms with van der Waals surface area (Å²) >= 11 is 2.90. The predicted octanol–water partition coefficient (Wildman–Crippen LogP) is 4.66. The molecule has 4 rings (SSSR count). The van der Waals surface area contributed by atoms with Crippen LogP contribution in [0.4, 0.5) is 15.9 Å². The third-order valence-corrected chi connectivity index (χ3v) is 7.05. The van der Waals surface area contributed by atoms with Crippen molar-refractivity contribution in [3.63, 3.8) is 0 Å². The van der Waals surface area contributed by atoms with Crippen molar-refractivity contribution in [2.24, 2.45) is 5.92 Å². The first kappa shape index (κ1) is 19.1. The molecule has 28 heavy (non-hydrogen) atoms. The molecule has 1 aliphatic carbocycles. The maximum Gasteiger partial charge on any atom is 0.237 e. The highest BCUT2D eigenvalue weighted by Crippen LogP contribution is 2.40. The Morgan fingerprint density at radius 2 is 2.18 bits per heavy atom. The molecule has 2 unspecified atom stereocenters. The van der Waals surface area contributed by atoms with E-state index >= 15 is 0 Å². The van der Waals surface area contributed by atoms with Crippen molar-refractivity contribution >= 4 is 50.7 Å². The standard InChI is InChI=1S/C20H21FN4OS2/c1-10-7-8-12-15(9-10)28-19-16(12)17(22)24-20(25-19)27-11(2)18(26)23-14-6-4-3-5-13(14)21/h3-6,10-11H,7-9H2,1-2H3,(H,23,26)(H2,22,24,25). The lowest BCUT2D eigenvalue weighted by Gasteiger charge is -2.17. The molecule has 0 radical (unpaired) electrons. The number of hydrogen-bond acceptors (Lipinski definition) is 6. The summed E-state index contributed by atoms with van der Waals surface area (Å²) in [5.41, 5.74) is 7.70. The van der Waals surface area contributed by atoms with Crippen LogP contribution in [0, 0.1) is 11.7 Å². The van der Waals surface area contributed by atoms with Crippen molar-refractivity contribution in [1.82, 2.24) is 9.97 Å². The van der Waals surface area contributed by atoms with Gasteiger partial charge in [0.25, 0.3) is 0 Å². The van der Waals surface area contributed by atoms with Gasteiger partial charge in [-0.05, 0) is 49.8 Å². The molecule has 0 aliphatic heterocycles. The molecule has 0 fully saturated rings. The van der Waals surface area contributed by atoms with Gasteiger partial charge >= 0.3 is 0 Å². The van der Waals surface area contributed by atoms with Crippen LogP contribution in [0.2, 0.25) is 0 Å². The lowest BCUT2D eigenvalue weighted by molar-refractivity contribution is -0.115. The first-order valence-electron chi connectivity index (χ1n) is 9.22. The monoisotopic (exact) mass is 416 g/mol. The number of nitrogens with zero attached hydrogens (tertiary/aromatic N) is 2. The highest BCUT2D eigenvalue weighted by molar-refractivity contribution is 8.00. The predicted molar refractivity (Wildman–Crippen MR) is 113 cm³/mol. The number of carbonyl (C=O) groups excluding carboxylic acids is 1. The molecule has 3 aromatic rings. The number of aromatic nitrogens is 2.